The second-order valence-corrected chi connectivity index (χ2v) is 8.00. The summed E-state index contributed by atoms with van der Waals surface area (Å²) in [4.78, 5) is 11.2. The van der Waals surface area contributed by atoms with Crippen molar-refractivity contribution in [3.63, 3.8) is 0 Å². The molecule has 1 N–H and O–H groups in total. The van der Waals surface area contributed by atoms with Crippen LogP contribution < -0.4 is 0 Å². The molecule has 0 aliphatic carbocycles. The van der Waals surface area contributed by atoms with Crippen LogP contribution in [0.4, 0.5) is 0 Å². The van der Waals surface area contributed by atoms with Crippen molar-refractivity contribution < 1.29 is 19.4 Å². The number of carbonyl (C=O) groups excluding carboxylic acids is 1. The van der Waals surface area contributed by atoms with Gasteiger partial charge in [-0.1, -0.05) is 39.0 Å². The van der Waals surface area contributed by atoms with E-state index < -0.39 is 11.7 Å². The van der Waals surface area contributed by atoms with Gasteiger partial charge in [0, 0.05) is 13.3 Å². The Morgan fingerprint density at radius 3 is 2.56 bits per heavy atom. The van der Waals surface area contributed by atoms with Gasteiger partial charge in [-0.25, -0.2) is 0 Å². The Kier molecular flexibility index (Phi) is 8.36. The van der Waals surface area contributed by atoms with Crippen molar-refractivity contribution in [3.8, 4) is 0 Å². The molecule has 0 bridgehead atoms. The molecule has 1 heterocycles. The maximum Gasteiger partial charge on any atom is 0.302 e. The van der Waals surface area contributed by atoms with Crippen molar-refractivity contribution in [2.45, 2.75) is 90.6 Å². The van der Waals surface area contributed by atoms with E-state index in [0.717, 1.165) is 24.8 Å². The van der Waals surface area contributed by atoms with E-state index in [1.165, 1.54) is 6.92 Å². The Hall–Kier alpha value is -1.13. The molecule has 25 heavy (non-hydrogen) atoms. The molecule has 0 aromatic carbocycles. The number of aliphatic hydroxyl groups excluding tert-OH is 1. The van der Waals surface area contributed by atoms with Crippen LogP contribution in [0.25, 0.3) is 0 Å². The summed E-state index contributed by atoms with van der Waals surface area (Å²) in [7, 11) is 0. The van der Waals surface area contributed by atoms with Crippen molar-refractivity contribution >= 4 is 5.97 Å². The Morgan fingerprint density at radius 2 is 2.04 bits per heavy atom. The molecule has 1 fully saturated rings. The fourth-order valence-corrected chi connectivity index (χ4v) is 3.21. The van der Waals surface area contributed by atoms with E-state index in [1.54, 1.807) is 6.08 Å². The first-order chi connectivity index (χ1) is 11.6. The smallest absolute Gasteiger partial charge is 0.302 e. The van der Waals surface area contributed by atoms with Crippen LogP contribution in [0.5, 0.6) is 0 Å². The Labute approximate surface area is 153 Å². The molecule has 0 aromatic rings. The van der Waals surface area contributed by atoms with Gasteiger partial charge >= 0.3 is 5.97 Å². The van der Waals surface area contributed by atoms with Crippen LogP contribution in [0.2, 0.25) is 0 Å². The van der Waals surface area contributed by atoms with Crippen LogP contribution in [0.15, 0.2) is 24.8 Å². The zero-order valence-electron chi connectivity index (χ0n) is 16.6. The highest BCUT2D eigenvalue weighted by Gasteiger charge is 2.56. The molecule has 144 valence electrons. The highest BCUT2D eigenvalue weighted by atomic mass is 16.6. The normalized spacial score (nSPS) is 26.0. The van der Waals surface area contributed by atoms with Crippen molar-refractivity contribution in [1.82, 2.24) is 0 Å². The first-order valence-electron chi connectivity index (χ1n) is 9.41. The predicted octanol–water partition coefficient (Wildman–Crippen LogP) is 4.42. The summed E-state index contributed by atoms with van der Waals surface area (Å²) in [6, 6.07) is 0. The van der Waals surface area contributed by atoms with E-state index in [4.69, 9.17) is 9.47 Å². The molecule has 0 radical (unpaired) electrons. The van der Waals surface area contributed by atoms with Crippen LogP contribution in [0.3, 0.4) is 0 Å². The molecule has 1 unspecified atom stereocenters. The zero-order chi connectivity index (χ0) is 19.2. The fourth-order valence-electron chi connectivity index (χ4n) is 3.21. The minimum atomic E-state index is -0.503. The highest BCUT2D eigenvalue weighted by Crippen LogP contribution is 2.44. The average Bonchev–Trinajstić information content (AvgIpc) is 3.16. The maximum atomic E-state index is 11.2. The van der Waals surface area contributed by atoms with Gasteiger partial charge in [-0.2, -0.15) is 0 Å². The Bertz CT molecular complexity index is 471. The van der Waals surface area contributed by atoms with Gasteiger partial charge in [0.1, 0.15) is 11.7 Å². The summed E-state index contributed by atoms with van der Waals surface area (Å²) in [5.74, 6) is 0.546. The number of rotatable bonds is 12. The van der Waals surface area contributed by atoms with Crippen molar-refractivity contribution in [2.75, 3.05) is 0 Å². The predicted molar refractivity (Wildman–Crippen MR) is 101 cm³/mol. The first-order valence-corrected chi connectivity index (χ1v) is 9.41. The third-order valence-corrected chi connectivity index (χ3v) is 5.26. The van der Waals surface area contributed by atoms with Gasteiger partial charge in [0.2, 0.25) is 0 Å². The standard InChI is InChI=1S/C21H36O4/c1-8-9-18(24-17(6)22)12-15(4)10-11-20-21(7,25-20)19(23)13-16(5)14(2)3/h8,14-15,18-20,23H,1,5,9-13H2,2-4,6-7H3/t15-,18-,19?,20+,21+/m0/s1. The average molecular weight is 353 g/mol. The third kappa shape index (κ3) is 6.95. The number of epoxide rings is 1. The van der Waals surface area contributed by atoms with E-state index in [9.17, 15) is 9.90 Å². The van der Waals surface area contributed by atoms with E-state index in [0.29, 0.717) is 24.7 Å². The van der Waals surface area contributed by atoms with Crippen LogP contribution in [-0.2, 0) is 14.3 Å². The molecule has 4 heteroatoms. The summed E-state index contributed by atoms with van der Waals surface area (Å²) < 4.78 is 11.2. The minimum Gasteiger partial charge on any atom is -0.462 e. The summed E-state index contributed by atoms with van der Waals surface area (Å²) >= 11 is 0. The molecule has 0 spiro atoms. The second kappa shape index (κ2) is 9.54. The lowest BCUT2D eigenvalue weighted by Crippen LogP contribution is -2.30. The lowest BCUT2D eigenvalue weighted by atomic mass is 9.88. The topological polar surface area (TPSA) is 59.1 Å². The number of hydrogen-bond donors (Lipinski definition) is 1. The van der Waals surface area contributed by atoms with E-state index in [-0.39, 0.29) is 18.2 Å². The van der Waals surface area contributed by atoms with Crippen LogP contribution in [-0.4, -0.2) is 35.0 Å². The van der Waals surface area contributed by atoms with Gasteiger partial charge in [-0.05, 0) is 44.4 Å². The molecule has 0 aromatic heterocycles. The maximum absolute atomic E-state index is 11.2. The minimum absolute atomic E-state index is 0.0940. The van der Waals surface area contributed by atoms with Crippen LogP contribution in [0.1, 0.15) is 66.7 Å². The largest absolute Gasteiger partial charge is 0.462 e. The van der Waals surface area contributed by atoms with Gasteiger partial charge in [0.15, 0.2) is 0 Å². The van der Waals surface area contributed by atoms with Gasteiger partial charge in [-0.15, -0.1) is 6.58 Å². The summed E-state index contributed by atoms with van der Waals surface area (Å²) in [6.45, 7) is 17.5. The number of carbonyl (C=O) groups is 1. The van der Waals surface area contributed by atoms with Crippen molar-refractivity contribution in [2.24, 2.45) is 11.8 Å². The van der Waals surface area contributed by atoms with Crippen LogP contribution in [0, 0.1) is 11.8 Å². The second-order valence-electron chi connectivity index (χ2n) is 8.00. The molecule has 4 nitrogen and oxygen atoms in total. The summed E-state index contributed by atoms with van der Waals surface area (Å²) in [5.41, 5.74) is 0.610. The molecule has 1 aliphatic heterocycles. The Balaban J connectivity index is 2.39. The van der Waals surface area contributed by atoms with Gasteiger partial charge in [0.25, 0.3) is 0 Å². The highest BCUT2D eigenvalue weighted by molar-refractivity contribution is 5.66. The van der Waals surface area contributed by atoms with E-state index >= 15 is 0 Å². The molecule has 1 saturated heterocycles. The lowest BCUT2D eigenvalue weighted by Gasteiger charge is -2.21. The first kappa shape index (κ1) is 21.9. The molecular weight excluding hydrogens is 316 g/mol. The monoisotopic (exact) mass is 352 g/mol. The van der Waals surface area contributed by atoms with Crippen molar-refractivity contribution in [3.05, 3.63) is 24.8 Å². The van der Waals surface area contributed by atoms with Gasteiger partial charge in [0.05, 0.1) is 12.2 Å². The number of hydrogen-bond acceptors (Lipinski definition) is 4. The van der Waals surface area contributed by atoms with E-state index in [1.807, 2.05) is 6.92 Å². The van der Waals surface area contributed by atoms with E-state index in [2.05, 4.69) is 33.9 Å². The molecule has 0 saturated carbocycles. The third-order valence-electron chi connectivity index (χ3n) is 5.26. The fraction of sp³-hybridized carbons (Fsp3) is 0.762. The summed E-state index contributed by atoms with van der Waals surface area (Å²) in [5, 5.41) is 10.5. The SMILES string of the molecule is C=CC[C@@H](C[C@@H](C)CC[C@H]1O[C@]1(C)C(O)CC(=C)C(C)C)OC(C)=O. The molecule has 5 atom stereocenters. The molecular formula is C21H36O4. The number of esters is 1. The number of ether oxygens (including phenoxy) is 2. The lowest BCUT2D eigenvalue weighted by molar-refractivity contribution is -0.146. The quantitative estimate of drug-likeness (QED) is 0.321. The molecule has 0 amide bonds. The van der Waals surface area contributed by atoms with Crippen molar-refractivity contribution in [1.29, 1.82) is 0 Å². The number of aliphatic hydroxyl groups is 1. The van der Waals surface area contributed by atoms with Gasteiger partial charge in [-0.3, -0.25) is 4.79 Å². The van der Waals surface area contributed by atoms with Gasteiger partial charge < -0.3 is 14.6 Å². The summed E-state index contributed by atoms with van der Waals surface area (Å²) in [6.07, 6.45) is 5.26. The zero-order valence-corrected chi connectivity index (χ0v) is 16.6. The van der Waals surface area contributed by atoms with Crippen LogP contribution >= 0.6 is 0 Å². The Morgan fingerprint density at radius 1 is 1.40 bits per heavy atom. The molecule has 1 rings (SSSR count). The molecule has 1 aliphatic rings.